The lowest BCUT2D eigenvalue weighted by Gasteiger charge is -2.37. The van der Waals surface area contributed by atoms with E-state index in [-0.39, 0.29) is 24.2 Å². The van der Waals surface area contributed by atoms with Gasteiger partial charge < -0.3 is 25.2 Å². The Kier molecular flexibility index (Phi) is 12.0. The molecule has 44 heavy (non-hydrogen) atoms. The maximum absolute atomic E-state index is 14.1. The van der Waals surface area contributed by atoms with Crippen LogP contribution in [0, 0.1) is 11.8 Å². The Morgan fingerprint density at radius 1 is 0.955 bits per heavy atom. The Bertz CT molecular complexity index is 1330. The summed E-state index contributed by atoms with van der Waals surface area (Å²) in [5.41, 5.74) is 0.826. The van der Waals surface area contributed by atoms with E-state index >= 15 is 0 Å². The van der Waals surface area contributed by atoms with Crippen molar-refractivity contribution in [1.82, 2.24) is 25.4 Å². The van der Waals surface area contributed by atoms with Gasteiger partial charge >= 0.3 is 5.97 Å². The minimum absolute atomic E-state index is 0.193. The van der Waals surface area contributed by atoms with E-state index < -0.39 is 54.0 Å². The third-order valence-corrected chi connectivity index (χ3v) is 9.22. The summed E-state index contributed by atoms with van der Waals surface area (Å²) in [4.78, 5) is 75.3. The standard InChI is InChI=1S/C32H45N5O6S/c1-9-13-23-19(4)32(42)43-21(6)30(40)36(7)24(16-22-14-11-10-12-15-22)31(41)37(8)26(18(2)3)28(39)34-20(5)29-33-17-25(44-29)27(38)35-23/h10-12,14-15,17-21,23-24,26H,9,13,16H2,1-8H3,(H,34,39)(H,35,38)/t19-,20+,21+,23-,24+,26+/m1/s1. The quantitative estimate of drug-likeness (QED) is 0.485. The largest absolute Gasteiger partial charge is 0.452 e. The second-order valence-corrected chi connectivity index (χ2v) is 12.9. The van der Waals surface area contributed by atoms with Crippen molar-refractivity contribution >= 4 is 40.9 Å². The average Bonchev–Trinajstić information content (AvgIpc) is 3.49. The molecule has 1 aromatic carbocycles. The van der Waals surface area contributed by atoms with E-state index in [1.165, 1.54) is 30.0 Å². The van der Waals surface area contributed by atoms with Crippen molar-refractivity contribution in [2.45, 2.75) is 91.1 Å². The third-order valence-electron chi connectivity index (χ3n) is 8.05. The smallest absolute Gasteiger partial charge is 0.311 e. The highest BCUT2D eigenvalue weighted by Crippen LogP contribution is 2.24. The van der Waals surface area contributed by atoms with Gasteiger partial charge in [-0.25, -0.2) is 4.98 Å². The second kappa shape index (κ2) is 15.3. The Morgan fingerprint density at radius 3 is 2.23 bits per heavy atom. The summed E-state index contributed by atoms with van der Waals surface area (Å²) in [5.74, 6) is -3.39. The maximum atomic E-state index is 14.1. The number of hydrogen-bond acceptors (Lipinski definition) is 8. The number of carbonyl (C=O) groups is 5. The summed E-state index contributed by atoms with van der Waals surface area (Å²) in [7, 11) is 3.06. The molecule has 1 aliphatic rings. The van der Waals surface area contributed by atoms with Gasteiger partial charge in [-0.2, -0.15) is 0 Å². The average molecular weight is 628 g/mol. The Balaban J connectivity index is 2.06. The molecule has 0 spiro atoms. The van der Waals surface area contributed by atoms with Gasteiger partial charge in [0, 0.05) is 26.6 Å². The van der Waals surface area contributed by atoms with Gasteiger partial charge in [-0.1, -0.05) is 57.5 Å². The predicted octanol–water partition coefficient (Wildman–Crippen LogP) is 3.35. The molecule has 6 atom stereocenters. The van der Waals surface area contributed by atoms with E-state index in [4.69, 9.17) is 4.74 Å². The number of esters is 1. The van der Waals surface area contributed by atoms with Crippen molar-refractivity contribution in [1.29, 1.82) is 0 Å². The zero-order valence-electron chi connectivity index (χ0n) is 26.8. The first-order valence-corrected chi connectivity index (χ1v) is 15.9. The summed E-state index contributed by atoms with van der Waals surface area (Å²) >= 11 is 1.15. The number of nitrogens with one attached hydrogen (secondary N) is 2. The fourth-order valence-corrected chi connectivity index (χ4v) is 6.24. The van der Waals surface area contributed by atoms with Gasteiger partial charge in [0.15, 0.2) is 6.10 Å². The van der Waals surface area contributed by atoms with Gasteiger partial charge in [0.05, 0.1) is 18.2 Å². The highest BCUT2D eigenvalue weighted by molar-refractivity contribution is 7.13. The van der Waals surface area contributed by atoms with Crippen LogP contribution in [0.4, 0.5) is 0 Å². The first-order chi connectivity index (χ1) is 20.8. The molecule has 2 aromatic rings. The van der Waals surface area contributed by atoms with Gasteiger partial charge in [-0.3, -0.25) is 24.0 Å². The number of aromatic nitrogens is 1. The molecule has 0 radical (unpaired) electrons. The molecule has 2 N–H and O–H groups in total. The lowest BCUT2D eigenvalue weighted by molar-refractivity contribution is -0.164. The third kappa shape index (κ3) is 8.22. The van der Waals surface area contributed by atoms with Gasteiger partial charge in [0.1, 0.15) is 22.0 Å². The Labute approximate surface area is 263 Å². The number of carbonyl (C=O) groups excluding carboxylic acids is 5. The predicted molar refractivity (Wildman–Crippen MR) is 168 cm³/mol. The van der Waals surface area contributed by atoms with Crippen LogP contribution in [-0.2, 0) is 30.3 Å². The lowest BCUT2D eigenvalue weighted by Crippen LogP contribution is -2.58. The number of likely N-dealkylation sites (N-methyl/N-ethyl adjacent to an activating group) is 2. The normalized spacial score (nSPS) is 26.4. The lowest BCUT2D eigenvalue weighted by atomic mass is 9.97. The van der Waals surface area contributed by atoms with Gasteiger partial charge in [-0.15, -0.1) is 11.3 Å². The van der Waals surface area contributed by atoms with Crippen molar-refractivity contribution in [3.63, 3.8) is 0 Å². The number of ether oxygens (including phenoxy) is 1. The molecule has 2 bridgehead atoms. The van der Waals surface area contributed by atoms with Crippen LogP contribution in [0.1, 0.15) is 80.7 Å². The molecular weight excluding hydrogens is 582 g/mol. The number of benzene rings is 1. The highest BCUT2D eigenvalue weighted by Gasteiger charge is 2.39. The monoisotopic (exact) mass is 627 g/mol. The summed E-state index contributed by atoms with van der Waals surface area (Å²) < 4.78 is 5.62. The second-order valence-electron chi connectivity index (χ2n) is 11.8. The topological polar surface area (TPSA) is 138 Å². The zero-order chi connectivity index (χ0) is 32.7. The summed E-state index contributed by atoms with van der Waals surface area (Å²) in [6, 6.07) is 6.38. The van der Waals surface area contributed by atoms with Crippen LogP contribution in [0.3, 0.4) is 0 Å². The molecule has 11 nitrogen and oxygen atoms in total. The molecule has 3 rings (SSSR count). The van der Waals surface area contributed by atoms with Crippen LogP contribution < -0.4 is 10.6 Å². The van der Waals surface area contributed by atoms with Crippen LogP contribution >= 0.6 is 11.3 Å². The maximum Gasteiger partial charge on any atom is 0.311 e. The molecule has 0 saturated carbocycles. The number of amides is 4. The van der Waals surface area contributed by atoms with E-state index in [0.29, 0.717) is 22.7 Å². The fraction of sp³-hybridized carbons (Fsp3) is 0.562. The van der Waals surface area contributed by atoms with Crippen LogP contribution in [-0.4, -0.2) is 82.7 Å². The molecule has 1 aliphatic heterocycles. The van der Waals surface area contributed by atoms with E-state index in [0.717, 1.165) is 16.9 Å². The molecule has 0 fully saturated rings. The molecule has 240 valence electrons. The van der Waals surface area contributed by atoms with Crippen LogP contribution in [0.2, 0.25) is 0 Å². The number of cyclic esters (lactones) is 1. The molecule has 0 unspecified atom stereocenters. The molecule has 0 aliphatic carbocycles. The van der Waals surface area contributed by atoms with Gasteiger partial charge in [-0.05, 0) is 38.7 Å². The van der Waals surface area contributed by atoms with E-state index in [1.807, 2.05) is 51.1 Å². The summed E-state index contributed by atoms with van der Waals surface area (Å²) in [6.07, 6.45) is 1.66. The SMILES string of the molecule is CCC[C@H]1NC(=O)c2cnc(s2)[C@H](C)NC(=O)[C@H](C(C)C)N(C)C(=O)[C@H](Cc2ccccc2)N(C)C(=O)[C@H](C)OC(=O)[C@@H]1C. The Hall–Kier alpha value is -3.80. The van der Waals surface area contributed by atoms with Gasteiger partial charge in [0.25, 0.3) is 11.8 Å². The molecule has 4 amide bonds. The first-order valence-electron chi connectivity index (χ1n) is 15.1. The number of thiazole rings is 1. The molecule has 2 heterocycles. The molecule has 1 aromatic heterocycles. The van der Waals surface area contributed by atoms with Crippen molar-refractivity contribution in [3.05, 3.63) is 52.0 Å². The first kappa shape index (κ1) is 34.7. The number of nitrogens with zero attached hydrogens (tertiary/aromatic N) is 3. The Morgan fingerprint density at radius 2 is 1.61 bits per heavy atom. The molecule has 0 saturated heterocycles. The highest BCUT2D eigenvalue weighted by atomic mass is 32.1. The molecule has 12 heteroatoms. The van der Waals surface area contributed by atoms with Crippen LogP contribution in [0.15, 0.2) is 36.5 Å². The van der Waals surface area contributed by atoms with E-state index in [1.54, 1.807) is 20.9 Å². The number of hydrogen-bond donors (Lipinski definition) is 2. The fourth-order valence-electron chi connectivity index (χ4n) is 5.41. The summed E-state index contributed by atoms with van der Waals surface area (Å²) in [5, 5.41) is 6.41. The number of rotatable bonds is 5. The van der Waals surface area contributed by atoms with Crippen molar-refractivity contribution in [2.75, 3.05) is 14.1 Å². The van der Waals surface area contributed by atoms with E-state index in [9.17, 15) is 24.0 Å². The van der Waals surface area contributed by atoms with Crippen molar-refractivity contribution in [3.8, 4) is 0 Å². The van der Waals surface area contributed by atoms with Crippen LogP contribution in [0.25, 0.3) is 0 Å². The van der Waals surface area contributed by atoms with Crippen molar-refractivity contribution in [2.24, 2.45) is 11.8 Å². The van der Waals surface area contributed by atoms with Gasteiger partial charge in [0.2, 0.25) is 11.8 Å². The minimum Gasteiger partial charge on any atom is -0.452 e. The summed E-state index contributed by atoms with van der Waals surface area (Å²) in [6.45, 7) is 10.5. The minimum atomic E-state index is -1.19. The van der Waals surface area contributed by atoms with E-state index in [2.05, 4.69) is 15.6 Å². The molecular formula is C32H45N5O6S. The van der Waals surface area contributed by atoms with Crippen molar-refractivity contribution < 1.29 is 28.7 Å². The zero-order valence-corrected chi connectivity index (χ0v) is 27.6. The number of fused-ring (bicyclic) bond motifs is 2. The van der Waals surface area contributed by atoms with Crippen LogP contribution in [0.5, 0.6) is 0 Å².